The van der Waals surface area contributed by atoms with E-state index in [9.17, 15) is 9.18 Å². The standard InChI is InChI=1S/C12H13FN4O2/c1-17-11(9(14)6-15-17)12(18)16-7-3-4-10(19-2)8(13)5-7/h3-6H,14H2,1-2H3,(H,16,18). The van der Waals surface area contributed by atoms with Crippen molar-refractivity contribution in [1.82, 2.24) is 9.78 Å². The highest BCUT2D eigenvalue weighted by Gasteiger charge is 2.15. The van der Waals surface area contributed by atoms with Crippen LogP contribution in [0, 0.1) is 5.82 Å². The topological polar surface area (TPSA) is 82.2 Å². The van der Waals surface area contributed by atoms with Gasteiger partial charge in [-0.3, -0.25) is 9.48 Å². The Kier molecular flexibility index (Phi) is 3.37. The van der Waals surface area contributed by atoms with E-state index < -0.39 is 11.7 Å². The van der Waals surface area contributed by atoms with Crippen molar-refractivity contribution in [3.63, 3.8) is 0 Å². The SMILES string of the molecule is COc1ccc(NC(=O)c2c(N)cnn2C)cc1F. The molecule has 0 aliphatic carbocycles. The number of nitrogens with one attached hydrogen (secondary N) is 1. The van der Waals surface area contributed by atoms with Crippen molar-refractivity contribution in [2.24, 2.45) is 7.05 Å². The molecule has 0 radical (unpaired) electrons. The Balaban J connectivity index is 2.22. The highest BCUT2D eigenvalue weighted by Crippen LogP contribution is 2.21. The minimum Gasteiger partial charge on any atom is -0.494 e. The zero-order valence-corrected chi connectivity index (χ0v) is 10.5. The fourth-order valence-electron chi connectivity index (χ4n) is 1.67. The molecule has 0 aliphatic rings. The van der Waals surface area contributed by atoms with Crippen molar-refractivity contribution < 1.29 is 13.9 Å². The largest absolute Gasteiger partial charge is 0.494 e. The number of benzene rings is 1. The molecule has 19 heavy (non-hydrogen) atoms. The number of anilines is 2. The van der Waals surface area contributed by atoms with Crippen LogP contribution in [0.4, 0.5) is 15.8 Å². The maximum Gasteiger partial charge on any atom is 0.276 e. The van der Waals surface area contributed by atoms with Crippen LogP contribution in [0.15, 0.2) is 24.4 Å². The third kappa shape index (κ3) is 2.49. The lowest BCUT2D eigenvalue weighted by molar-refractivity contribution is 0.101. The molecular weight excluding hydrogens is 251 g/mol. The first kappa shape index (κ1) is 12.9. The molecule has 0 fully saturated rings. The molecule has 1 aromatic heterocycles. The molecule has 6 nitrogen and oxygen atoms in total. The first-order valence-corrected chi connectivity index (χ1v) is 5.45. The van der Waals surface area contributed by atoms with Crippen molar-refractivity contribution in [1.29, 1.82) is 0 Å². The van der Waals surface area contributed by atoms with Crippen LogP contribution in [0.2, 0.25) is 0 Å². The van der Waals surface area contributed by atoms with Gasteiger partial charge in [0.25, 0.3) is 5.91 Å². The Bertz CT molecular complexity index is 605. The monoisotopic (exact) mass is 264 g/mol. The van der Waals surface area contributed by atoms with E-state index in [-0.39, 0.29) is 17.1 Å². The molecule has 100 valence electrons. The van der Waals surface area contributed by atoms with E-state index in [1.807, 2.05) is 0 Å². The minimum atomic E-state index is -0.557. The van der Waals surface area contributed by atoms with E-state index in [4.69, 9.17) is 10.5 Å². The summed E-state index contributed by atoms with van der Waals surface area (Å²) in [5.41, 5.74) is 6.42. The number of carbonyl (C=O) groups excluding carboxylic acids is 1. The maximum atomic E-state index is 13.5. The van der Waals surface area contributed by atoms with E-state index in [0.717, 1.165) is 0 Å². The number of halogens is 1. The number of nitrogens with zero attached hydrogens (tertiary/aromatic N) is 2. The quantitative estimate of drug-likeness (QED) is 0.878. The van der Waals surface area contributed by atoms with Crippen LogP contribution in [-0.2, 0) is 7.05 Å². The number of amides is 1. The molecule has 0 saturated carbocycles. The third-order valence-electron chi connectivity index (χ3n) is 2.59. The number of nitrogen functional groups attached to an aromatic ring is 1. The summed E-state index contributed by atoms with van der Waals surface area (Å²) in [4.78, 5) is 12.0. The molecular formula is C12H13FN4O2. The highest BCUT2D eigenvalue weighted by molar-refractivity contribution is 6.06. The van der Waals surface area contributed by atoms with Gasteiger partial charge in [-0.2, -0.15) is 5.10 Å². The third-order valence-corrected chi connectivity index (χ3v) is 2.59. The smallest absolute Gasteiger partial charge is 0.276 e. The zero-order valence-electron chi connectivity index (χ0n) is 10.5. The van der Waals surface area contributed by atoms with Crippen molar-refractivity contribution >= 4 is 17.3 Å². The van der Waals surface area contributed by atoms with Gasteiger partial charge in [0.05, 0.1) is 19.0 Å². The van der Waals surface area contributed by atoms with Gasteiger partial charge in [0, 0.05) is 18.8 Å². The summed E-state index contributed by atoms with van der Waals surface area (Å²) in [5.74, 6) is -0.904. The number of rotatable bonds is 3. The Morgan fingerprint density at radius 3 is 2.79 bits per heavy atom. The van der Waals surface area contributed by atoms with Gasteiger partial charge in [0.15, 0.2) is 11.6 Å². The van der Waals surface area contributed by atoms with Gasteiger partial charge >= 0.3 is 0 Å². The second-order valence-corrected chi connectivity index (χ2v) is 3.88. The summed E-state index contributed by atoms with van der Waals surface area (Å²) in [6.07, 6.45) is 1.38. The minimum absolute atomic E-state index is 0.109. The summed E-state index contributed by atoms with van der Waals surface area (Å²) in [7, 11) is 2.97. The van der Waals surface area contributed by atoms with Crippen molar-refractivity contribution in [2.45, 2.75) is 0 Å². The van der Waals surface area contributed by atoms with Gasteiger partial charge in [-0.05, 0) is 12.1 Å². The number of hydrogen-bond acceptors (Lipinski definition) is 4. The van der Waals surface area contributed by atoms with Crippen LogP contribution in [0.5, 0.6) is 5.75 Å². The fourth-order valence-corrected chi connectivity index (χ4v) is 1.67. The molecule has 3 N–H and O–H groups in total. The number of methoxy groups -OCH3 is 1. The Morgan fingerprint density at radius 1 is 1.53 bits per heavy atom. The molecule has 0 bridgehead atoms. The van der Waals surface area contributed by atoms with E-state index in [1.165, 1.54) is 36.2 Å². The van der Waals surface area contributed by atoms with Gasteiger partial charge < -0.3 is 15.8 Å². The van der Waals surface area contributed by atoms with Gasteiger partial charge in [-0.15, -0.1) is 0 Å². The normalized spacial score (nSPS) is 10.3. The van der Waals surface area contributed by atoms with Gasteiger partial charge in [0.2, 0.25) is 0 Å². The molecule has 0 aliphatic heterocycles. The van der Waals surface area contributed by atoms with Crippen LogP contribution in [0.3, 0.4) is 0 Å². The van der Waals surface area contributed by atoms with E-state index >= 15 is 0 Å². The average Bonchev–Trinajstić information content (AvgIpc) is 2.69. The fraction of sp³-hybridized carbons (Fsp3) is 0.167. The van der Waals surface area contributed by atoms with E-state index in [2.05, 4.69) is 10.4 Å². The summed E-state index contributed by atoms with van der Waals surface area (Å²) in [5, 5.41) is 6.40. The molecule has 2 aromatic rings. The molecule has 1 heterocycles. The second-order valence-electron chi connectivity index (χ2n) is 3.88. The summed E-state index contributed by atoms with van der Waals surface area (Å²) >= 11 is 0. The molecule has 0 atom stereocenters. The number of ether oxygens (including phenoxy) is 1. The Labute approximate surface area is 109 Å². The predicted octanol–water partition coefficient (Wildman–Crippen LogP) is 1.40. The molecule has 0 unspecified atom stereocenters. The summed E-state index contributed by atoms with van der Waals surface area (Å²) in [6, 6.07) is 4.13. The van der Waals surface area contributed by atoms with Crippen LogP contribution >= 0.6 is 0 Å². The van der Waals surface area contributed by atoms with Crippen LogP contribution in [0.1, 0.15) is 10.5 Å². The zero-order chi connectivity index (χ0) is 14.0. The number of hydrogen-bond donors (Lipinski definition) is 2. The summed E-state index contributed by atoms with van der Waals surface area (Å²) in [6.45, 7) is 0. The van der Waals surface area contributed by atoms with Gasteiger partial charge in [0.1, 0.15) is 5.69 Å². The van der Waals surface area contributed by atoms with Gasteiger partial charge in [-0.25, -0.2) is 4.39 Å². The Hall–Kier alpha value is -2.57. The van der Waals surface area contributed by atoms with Crippen LogP contribution < -0.4 is 15.8 Å². The van der Waals surface area contributed by atoms with Crippen LogP contribution in [0.25, 0.3) is 0 Å². The number of aromatic nitrogens is 2. The van der Waals surface area contributed by atoms with Crippen molar-refractivity contribution in [3.05, 3.63) is 35.9 Å². The van der Waals surface area contributed by atoms with E-state index in [1.54, 1.807) is 7.05 Å². The molecule has 0 saturated heterocycles. The number of aryl methyl sites for hydroxylation is 1. The first-order chi connectivity index (χ1) is 9.02. The number of carbonyl (C=O) groups is 1. The molecule has 2 rings (SSSR count). The second kappa shape index (κ2) is 4.97. The highest BCUT2D eigenvalue weighted by atomic mass is 19.1. The summed E-state index contributed by atoms with van der Waals surface area (Å²) < 4.78 is 19.6. The lowest BCUT2D eigenvalue weighted by Crippen LogP contribution is -2.17. The first-order valence-electron chi connectivity index (χ1n) is 5.45. The molecule has 7 heteroatoms. The van der Waals surface area contributed by atoms with Gasteiger partial charge in [-0.1, -0.05) is 0 Å². The number of nitrogens with two attached hydrogens (primary N) is 1. The van der Waals surface area contributed by atoms with Crippen molar-refractivity contribution in [2.75, 3.05) is 18.2 Å². The maximum absolute atomic E-state index is 13.5. The molecule has 0 spiro atoms. The lowest BCUT2D eigenvalue weighted by atomic mass is 10.2. The lowest BCUT2D eigenvalue weighted by Gasteiger charge is -2.08. The Morgan fingerprint density at radius 2 is 2.26 bits per heavy atom. The van der Waals surface area contributed by atoms with E-state index in [0.29, 0.717) is 5.69 Å². The van der Waals surface area contributed by atoms with Crippen molar-refractivity contribution in [3.8, 4) is 5.75 Å². The van der Waals surface area contributed by atoms with Crippen LogP contribution in [-0.4, -0.2) is 22.8 Å². The molecule has 1 amide bonds. The average molecular weight is 264 g/mol. The molecule has 1 aromatic carbocycles. The predicted molar refractivity (Wildman–Crippen MR) is 68.5 cm³/mol.